The van der Waals surface area contributed by atoms with Crippen LogP contribution in [0.5, 0.6) is 0 Å². The van der Waals surface area contributed by atoms with Crippen molar-refractivity contribution in [1.82, 2.24) is 5.32 Å². The smallest absolute Gasteiger partial charge is 0.192 e. The Balaban J connectivity index is 2.08. The van der Waals surface area contributed by atoms with E-state index in [-0.39, 0.29) is 5.04 Å². The van der Waals surface area contributed by atoms with Crippen LogP contribution in [0, 0.1) is 0 Å². The number of hydrogen-bond acceptors (Lipinski definition) is 2. The average molecular weight is 320 g/mol. The summed E-state index contributed by atoms with van der Waals surface area (Å²) in [7, 11) is -1.68. The third-order valence-electron chi connectivity index (χ3n) is 5.35. The van der Waals surface area contributed by atoms with Gasteiger partial charge in [-0.2, -0.15) is 0 Å². The fourth-order valence-corrected chi connectivity index (χ4v) is 4.34. The zero-order valence-electron chi connectivity index (χ0n) is 15.4. The molecule has 124 valence electrons. The molecule has 3 heteroatoms. The van der Waals surface area contributed by atoms with Gasteiger partial charge >= 0.3 is 0 Å². The molecule has 2 nitrogen and oxygen atoms in total. The van der Waals surface area contributed by atoms with Crippen molar-refractivity contribution in [2.24, 2.45) is 0 Å². The third kappa shape index (κ3) is 3.81. The van der Waals surface area contributed by atoms with Crippen LogP contribution in [-0.4, -0.2) is 21.0 Å². The predicted molar refractivity (Wildman–Crippen MR) is 98.0 cm³/mol. The molecule has 1 aromatic carbocycles. The van der Waals surface area contributed by atoms with Crippen molar-refractivity contribution in [1.29, 1.82) is 0 Å². The maximum atomic E-state index is 6.59. The number of nitrogens with one attached hydrogen (secondary N) is 1. The molecule has 0 unspecified atom stereocenters. The summed E-state index contributed by atoms with van der Waals surface area (Å²) in [4.78, 5) is 0. The Morgan fingerprint density at radius 3 is 2.41 bits per heavy atom. The summed E-state index contributed by atoms with van der Waals surface area (Å²) in [6, 6.07) is 9.29. The highest BCUT2D eigenvalue weighted by Crippen LogP contribution is 2.39. The van der Waals surface area contributed by atoms with E-state index in [4.69, 9.17) is 4.43 Å². The third-order valence-corrected chi connectivity index (χ3v) is 9.89. The molecule has 1 N–H and O–H groups in total. The van der Waals surface area contributed by atoms with Gasteiger partial charge in [0, 0.05) is 12.6 Å². The lowest BCUT2D eigenvalue weighted by molar-refractivity contribution is 0.197. The largest absolute Gasteiger partial charge is 0.413 e. The van der Waals surface area contributed by atoms with Crippen LogP contribution in [0.25, 0.3) is 0 Å². The average Bonchev–Trinajstić information content (AvgIpc) is 2.85. The Hall–Kier alpha value is -0.643. The number of hydrogen-bond donors (Lipinski definition) is 1. The molecule has 1 aromatic rings. The van der Waals surface area contributed by atoms with Crippen molar-refractivity contribution in [3.63, 3.8) is 0 Å². The van der Waals surface area contributed by atoms with Gasteiger partial charge in [-0.15, -0.1) is 0 Å². The highest BCUT2D eigenvalue weighted by atomic mass is 28.4. The van der Waals surface area contributed by atoms with Gasteiger partial charge in [-0.1, -0.05) is 58.9 Å². The van der Waals surface area contributed by atoms with Gasteiger partial charge in [-0.25, -0.2) is 0 Å². The fraction of sp³-hybridized carbons (Fsp3) is 0.684. The van der Waals surface area contributed by atoms with Crippen LogP contribution in [0.15, 0.2) is 24.3 Å². The molecule has 1 heterocycles. The predicted octanol–water partition coefficient (Wildman–Crippen LogP) is 5.23. The zero-order chi connectivity index (χ0) is 16.5. The van der Waals surface area contributed by atoms with Crippen LogP contribution in [0.2, 0.25) is 18.1 Å². The topological polar surface area (TPSA) is 21.3 Å². The summed E-state index contributed by atoms with van der Waals surface area (Å²) in [5.41, 5.74) is 2.92. The summed E-state index contributed by atoms with van der Waals surface area (Å²) in [5, 5.41) is 3.97. The van der Waals surface area contributed by atoms with Crippen LogP contribution >= 0.6 is 0 Å². The minimum Gasteiger partial charge on any atom is -0.413 e. The first-order valence-electron chi connectivity index (χ1n) is 8.62. The molecule has 1 saturated heterocycles. The van der Waals surface area contributed by atoms with Crippen LogP contribution in [0.4, 0.5) is 0 Å². The molecule has 0 amide bonds. The number of benzene rings is 1. The van der Waals surface area contributed by atoms with E-state index in [1.54, 1.807) is 0 Å². The van der Waals surface area contributed by atoms with Gasteiger partial charge in [0.1, 0.15) is 0 Å². The van der Waals surface area contributed by atoms with Crippen molar-refractivity contribution in [2.75, 3.05) is 6.54 Å². The second-order valence-electron chi connectivity index (χ2n) is 8.48. The molecule has 0 radical (unpaired) electrons. The molecule has 0 bridgehead atoms. The Bertz CT molecular complexity index is 504. The van der Waals surface area contributed by atoms with Gasteiger partial charge in [0.25, 0.3) is 0 Å². The molecule has 0 saturated carbocycles. The van der Waals surface area contributed by atoms with E-state index in [1.807, 2.05) is 0 Å². The quantitative estimate of drug-likeness (QED) is 0.767. The maximum absolute atomic E-state index is 6.59. The molecular weight excluding hydrogens is 286 g/mol. The summed E-state index contributed by atoms with van der Waals surface area (Å²) < 4.78 is 6.59. The summed E-state index contributed by atoms with van der Waals surface area (Å²) in [6.45, 7) is 17.2. The second kappa shape index (κ2) is 6.46. The van der Waals surface area contributed by atoms with Crippen molar-refractivity contribution < 1.29 is 4.43 Å². The second-order valence-corrected chi connectivity index (χ2v) is 13.2. The highest BCUT2D eigenvalue weighted by Gasteiger charge is 2.41. The van der Waals surface area contributed by atoms with Crippen LogP contribution < -0.4 is 5.32 Å². The Morgan fingerprint density at radius 2 is 1.82 bits per heavy atom. The Morgan fingerprint density at radius 1 is 1.18 bits per heavy atom. The molecule has 2 atom stereocenters. The van der Waals surface area contributed by atoms with Gasteiger partial charge in [0.05, 0.1) is 6.10 Å². The molecule has 0 aliphatic carbocycles. The van der Waals surface area contributed by atoms with E-state index in [1.165, 1.54) is 11.1 Å². The Labute approximate surface area is 137 Å². The van der Waals surface area contributed by atoms with Crippen LogP contribution in [0.1, 0.15) is 64.1 Å². The zero-order valence-corrected chi connectivity index (χ0v) is 16.4. The minimum absolute atomic E-state index is 0.279. The van der Waals surface area contributed by atoms with Gasteiger partial charge in [-0.05, 0) is 41.6 Å². The molecule has 2 rings (SSSR count). The molecule has 0 aromatic heterocycles. The maximum Gasteiger partial charge on any atom is 0.192 e. The molecule has 22 heavy (non-hydrogen) atoms. The highest BCUT2D eigenvalue weighted by molar-refractivity contribution is 6.74. The number of rotatable bonds is 4. The first-order chi connectivity index (χ1) is 10.1. The van der Waals surface area contributed by atoms with E-state index in [0.29, 0.717) is 18.1 Å². The lowest BCUT2D eigenvalue weighted by atomic mass is 9.92. The SMILES string of the molecule is CC(C)c1ccccc1[C@H]1C[C@@H](O[Si](C)(C)C(C)(C)C)CN1. The Kier molecular flexibility index (Phi) is 5.20. The fourth-order valence-electron chi connectivity index (χ4n) is 2.98. The van der Waals surface area contributed by atoms with Crippen LogP contribution in [0.3, 0.4) is 0 Å². The van der Waals surface area contributed by atoms with Crippen molar-refractivity contribution in [2.45, 2.75) is 77.2 Å². The van der Waals surface area contributed by atoms with Crippen LogP contribution in [-0.2, 0) is 4.43 Å². The van der Waals surface area contributed by atoms with Crippen molar-refractivity contribution in [3.05, 3.63) is 35.4 Å². The minimum atomic E-state index is -1.68. The summed E-state index contributed by atoms with van der Waals surface area (Å²) in [5.74, 6) is 0.568. The standard InChI is InChI=1S/C19H33NOSi/c1-14(2)16-10-8-9-11-17(16)18-12-15(13-20-18)21-22(6,7)19(3,4)5/h8-11,14-15,18,20H,12-13H2,1-7H3/t15-,18-/m1/s1. The monoisotopic (exact) mass is 319 g/mol. The van der Waals surface area contributed by atoms with Crippen molar-refractivity contribution >= 4 is 8.32 Å². The molecular formula is C19H33NOSi. The van der Waals surface area contributed by atoms with Gasteiger partial charge in [-0.3, -0.25) is 0 Å². The molecule has 1 aliphatic rings. The van der Waals surface area contributed by atoms with E-state index in [2.05, 4.69) is 77.3 Å². The normalized spacial score (nSPS) is 23.3. The molecule has 1 aliphatic heterocycles. The van der Waals surface area contributed by atoms with E-state index >= 15 is 0 Å². The lowest BCUT2D eigenvalue weighted by Crippen LogP contribution is -2.44. The first kappa shape index (κ1) is 17.7. The lowest BCUT2D eigenvalue weighted by Gasteiger charge is -2.38. The van der Waals surface area contributed by atoms with Gasteiger partial charge in [0.2, 0.25) is 0 Å². The van der Waals surface area contributed by atoms with Crippen molar-refractivity contribution in [3.8, 4) is 0 Å². The first-order valence-corrected chi connectivity index (χ1v) is 11.5. The van der Waals surface area contributed by atoms with E-state index in [9.17, 15) is 0 Å². The van der Waals surface area contributed by atoms with Gasteiger partial charge < -0.3 is 9.74 Å². The molecule has 0 spiro atoms. The summed E-state index contributed by atoms with van der Waals surface area (Å²) in [6.07, 6.45) is 1.45. The van der Waals surface area contributed by atoms with E-state index < -0.39 is 8.32 Å². The molecule has 1 fully saturated rings. The summed E-state index contributed by atoms with van der Waals surface area (Å²) >= 11 is 0. The van der Waals surface area contributed by atoms with Gasteiger partial charge in [0.15, 0.2) is 8.32 Å². The van der Waals surface area contributed by atoms with E-state index in [0.717, 1.165) is 13.0 Å².